The third-order valence-electron chi connectivity index (χ3n) is 13.7. The molecule has 0 radical (unpaired) electrons. The molecule has 11 atom stereocenters. The van der Waals surface area contributed by atoms with E-state index in [4.69, 9.17) is 9.47 Å². The lowest BCUT2D eigenvalue weighted by Gasteiger charge is -2.54. The average molecular weight is 651 g/mol. The normalized spacial score (nSPS) is 42.4. The summed E-state index contributed by atoms with van der Waals surface area (Å²) in [6.07, 6.45) is 14.0. The summed E-state index contributed by atoms with van der Waals surface area (Å²) in [5.41, 5.74) is 4.36. The Morgan fingerprint density at radius 1 is 1.11 bits per heavy atom. The number of fused-ring (bicyclic) bond motifs is 6. The summed E-state index contributed by atoms with van der Waals surface area (Å²) in [5.74, 6) is 3.62. The molecule has 1 amide bonds. The van der Waals surface area contributed by atoms with Crippen LogP contribution in [-0.4, -0.2) is 56.2 Å². The summed E-state index contributed by atoms with van der Waals surface area (Å²) < 4.78 is 40.3. The molecule has 46 heavy (non-hydrogen) atoms. The quantitative estimate of drug-likeness (QED) is 0.245. The van der Waals surface area contributed by atoms with Crippen LogP contribution in [0.15, 0.2) is 45.9 Å². The molecule has 2 saturated heterocycles. The van der Waals surface area contributed by atoms with E-state index in [-0.39, 0.29) is 35.7 Å². The molecule has 252 valence electrons. The van der Waals surface area contributed by atoms with Gasteiger partial charge < -0.3 is 14.4 Å². The third-order valence-corrected chi connectivity index (χ3v) is 14.2. The Kier molecular flexibility index (Phi) is 8.48. The highest BCUT2D eigenvalue weighted by Gasteiger charge is 2.61. The Bertz CT molecular complexity index is 1490. The van der Waals surface area contributed by atoms with E-state index in [1.54, 1.807) is 17.4 Å². The van der Waals surface area contributed by atoms with Gasteiger partial charge in [-0.15, -0.1) is 0 Å². The highest BCUT2D eigenvalue weighted by Crippen LogP contribution is 2.65. The molecule has 0 N–H and O–H groups in total. The SMILES string of the molecule is CC1=C2C[C@H]3[C@@H](CC[C@@H]4CC(/C=N/S(C)(=O)=O)CC[C@@]43C)[C@@H]2CC[C@@]2(C1)O[C@@H]1C[C@H](C)CN(C(=O)OCc3ccccc3)[C@H]1[C@H]2C. The molecular weight excluding hydrogens is 596 g/mol. The van der Waals surface area contributed by atoms with Crippen molar-refractivity contribution in [2.45, 2.75) is 116 Å². The van der Waals surface area contributed by atoms with E-state index in [1.807, 2.05) is 35.2 Å². The Morgan fingerprint density at radius 3 is 2.65 bits per heavy atom. The van der Waals surface area contributed by atoms with Crippen molar-refractivity contribution in [3.63, 3.8) is 0 Å². The van der Waals surface area contributed by atoms with Crippen LogP contribution >= 0.6 is 0 Å². The fourth-order valence-electron chi connectivity index (χ4n) is 11.4. The van der Waals surface area contributed by atoms with Crippen molar-refractivity contribution < 1.29 is 22.7 Å². The summed E-state index contributed by atoms with van der Waals surface area (Å²) in [5, 5.41) is 0. The number of rotatable bonds is 4. The van der Waals surface area contributed by atoms with E-state index in [2.05, 4.69) is 32.1 Å². The molecule has 7 rings (SSSR count). The van der Waals surface area contributed by atoms with Crippen LogP contribution in [0.25, 0.3) is 0 Å². The zero-order valence-electron chi connectivity index (χ0n) is 28.5. The molecule has 0 bridgehead atoms. The van der Waals surface area contributed by atoms with E-state index in [0.29, 0.717) is 35.7 Å². The molecule has 8 heteroatoms. The number of likely N-dealkylation sites (tertiary alicyclic amines) is 1. The molecule has 2 heterocycles. The molecule has 1 aromatic carbocycles. The Labute approximate surface area is 276 Å². The van der Waals surface area contributed by atoms with Gasteiger partial charge in [0.25, 0.3) is 0 Å². The van der Waals surface area contributed by atoms with Gasteiger partial charge in [-0.3, -0.25) is 0 Å². The smallest absolute Gasteiger partial charge is 0.410 e. The molecule has 1 unspecified atom stereocenters. The van der Waals surface area contributed by atoms with Crippen LogP contribution in [0.3, 0.4) is 0 Å². The number of piperidine rings is 1. The number of amides is 1. The lowest BCUT2D eigenvalue weighted by atomic mass is 9.51. The molecule has 0 aromatic heterocycles. The van der Waals surface area contributed by atoms with Gasteiger partial charge in [-0.05, 0) is 118 Å². The number of benzene rings is 1. The summed E-state index contributed by atoms with van der Waals surface area (Å²) in [7, 11) is -3.32. The number of hydrogen-bond acceptors (Lipinski definition) is 5. The number of allylic oxidation sites excluding steroid dienone is 1. The lowest BCUT2D eigenvalue weighted by Crippen LogP contribution is -2.54. The van der Waals surface area contributed by atoms with Gasteiger partial charge in [-0.25, -0.2) is 13.2 Å². The summed E-state index contributed by atoms with van der Waals surface area (Å²) in [6.45, 7) is 10.6. The van der Waals surface area contributed by atoms with Gasteiger partial charge in [0.05, 0.1) is 24.0 Å². The maximum absolute atomic E-state index is 13.6. The van der Waals surface area contributed by atoms with Crippen molar-refractivity contribution in [3.8, 4) is 0 Å². The molecule has 1 aromatic rings. The molecule has 5 fully saturated rings. The summed E-state index contributed by atoms with van der Waals surface area (Å²) >= 11 is 0. The van der Waals surface area contributed by atoms with E-state index < -0.39 is 10.0 Å². The fraction of sp³-hybridized carbons (Fsp3) is 0.737. The molecule has 3 saturated carbocycles. The van der Waals surface area contributed by atoms with Crippen LogP contribution in [0, 0.1) is 46.8 Å². The topological polar surface area (TPSA) is 85.3 Å². The van der Waals surface area contributed by atoms with Crippen LogP contribution in [-0.2, 0) is 26.1 Å². The number of carbonyl (C=O) groups excluding carboxylic acids is 1. The first-order valence-corrected chi connectivity index (χ1v) is 19.8. The van der Waals surface area contributed by atoms with Crippen LogP contribution in [0.2, 0.25) is 0 Å². The fourth-order valence-corrected chi connectivity index (χ4v) is 11.8. The van der Waals surface area contributed by atoms with Crippen LogP contribution in [0.4, 0.5) is 4.79 Å². The Hall–Kier alpha value is -2.19. The maximum atomic E-state index is 13.6. The minimum Gasteiger partial charge on any atom is -0.445 e. The number of carbonyl (C=O) groups is 1. The molecule has 7 nitrogen and oxygen atoms in total. The summed E-state index contributed by atoms with van der Waals surface area (Å²) in [4.78, 5) is 15.6. The zero-order valence-corrected chi connectivity index (χ0v) is 29.3. The van der Waals surface area contributed by atoms with E-state index in [1.165, 1.54) is 38.4 Å². The second kappa shape index (κ2) is 12.0. The first-order valence-electron chi connectivity index (χ1n) is 18.0. The lowest BCUT2D eigenvalue weighted by molar-refractivity contribution is -0.0803. The predicted molar refractivity (Wildman–Crippen MR) is 181 cm³/mol. The van der Waals surface area contributed by atoms with Gasteiger partial charge in [0.15, 0.2) is 0 Å². The highest BCUT2D eigenvalue weighted by molar-refractivity contribution is 7.89. The number of hydrogen-bond donors (Lipinski definition) is 0. The third kappa shape index (κ3) is 5.77. The van der Waals surface area contributed by atoms with Gasteiger partial charge in [-0.2, -0.15) is 4.40 Å². The molecule has 4 aliphatic carbocycles. The van der Waals surface area contributed by atoms with E-state index in [0.717, 1.165) is 50.1 Å². The molecule has 2 aliphatic heterocycles. The molecule has 6 aliphatic rings. The predicted octanol–water partition coefficient (Wildman–Crippen LogP) is 7.81. The van der Waals surface area contributed by atoms with Crippen molar-refractivity contribution in [1.29, 1.82) is 0 Å². The first-order chi connectivity index (χ1) is 21.9. The van der Waals surface area contributed by atoms with Gasteiger partial charge in [-0.1, -0.05) is 62.2 Å². The number of ether oxygens (including phenoxy) is 2. The number of sulfonamides is 1. The van der Waals surface area contributed by atoms with Gasteiger partial charge in [0, 0.05) is 18.7 Å². The van der Waals surface area contributed by atoms with Crippen molar-refractivity contribution >= 4 is 22.3 Å². The zero-order chi connectivity index (χ0) is 32.4. The largest absolute Gasteiger partial charge is 0.445 e. The van der Waals surface area contributed by atoms with Crippen LogP contribution in [0.5, 0.6) is 0 Å². The van der Waals surface area contributed by atoms with Gasteiger partial charge >= 0.3 is 6.09 Å². The summed E-state index contributed by atoms with van der Waals surface area (Å²) in [6, 6.07) is 10.0. The monoisotopic (exact) mass is 650 g/mol. The van der Waals surface area contributed by atoms with Crippen molar-refractivity contribution in [2.24, 2.45) is 51.2 Å². The van der Waals surface area contributed by atoms with Crippen LogP contribution < -0.4 is 0 Å². The van der Waals surface area contributed by atoms with Crippen molar-refractivity contribution in [1.82, 2.24) is 4.90 Å². The van der Waals surface area contributed by atoms with Gasteiger partial charge in [0.2, 0.25) is 10.0 Å². The van der Waals surface area contributed by atoms with E-state index >= 15 is 0 Å². The Morgan fingerprint density at radius 2 is 1.89 bits per heavy atom. The standard InChI is InChI=1S/C38H54N2O5S/c1-24-17-34-35(40(22-24)36(41)44-23-27-9-7-6-8-10-27)26(3)38(45-34)16-14-30-31-12-11-29-18-28(21-39-46(5,42)43)13-15-37(29,4)33(31)19-32(30)25(2)20-38/h6-10,21,24,26,28-31,33-35H,11-20,22-23H2,1-5H3/b39-21+/t24-,26+,28?,29+,30-,31-,33-,34+,35-,37-,38-/m0/s1. The van der Waals surface area contributed by atoms with Gasteiger partial charge in [0.1, 0.15) is 6.61 Å². The minimum absolute atomic E-state index is 0.0544. The Balaban J connectivity index is 1.07. The maximum Gasteiger partial charge on any atom is 0.410 e. The van der Waals surface area contributed by atoms with Crippen molar-refractivity contribution in [2.75, 3.05) is 12.8 Å². The first kappa shape index (κ1) is 32.4. The van der Waals surface area contributed by atoms with Crippen LogP contribution in [0.1, 0.15) is 97.5 Å². The minimum atomic E-state index is -3.32. The second-order valence-corrected chi connectivity index (χ2v) is 18.1. The molecule has 1 spiro atoms. The molecular formula is C38H54N2O5S. The average Bonchev–Trinajstić information content (AvgIpc) is 3.48. The second-order valence-electron chi connectivity index (χ2n) is 16.4. The van der Waals surface area contributed by atoms with E-state index in [9.17, 15) is 13.2 Å². The number of nitrogens with zero attached hydrogens (tertiary/aromatic N) is 2. The highest BCUT2D eigenvalue weighted by atomic mass is 32.2. The van der Waals surface area contributed by atoms with Crippen molar-refractivity contribution in [3.05, 3.63) is 47.0 Å².